The molecule has 2 aliphatic rings. The SMILES string of the molecule is CCOC1CC(N)(C(=O)N2CCC(NC(=O)C(C)C)CC2)C1(C)C. The van der Waals surface area contributed by atoms with Crippen molar-refractivity contribution in [2.75, 3.05) is 19.7 Å². The van der Waals surface area contributed by atoms with Crippen molar-refractivity contribution >= 4 is 11.8 Å². The molecule has 0 radical (unpaired) electrons. The summed E-state index contributed by atoms with van der Waals surface area (Å²) in [5, 5.41) is 3.06. The van der Waals surface area contributed by atoms with Crippen LogP contribution in [0.2, 0.25) is 0 Å². The Morgan fingerprint density at radius 1 is 1.29 bits per heavy atom. The molecular formula is C18H33N3O3. The number of ether oxygens (including phenoxy) is 1. The maximum atomic E-state index is 13.0. The van der Waals surface area contributed by atoms with E-state index in [0.717, 1.165) is 12.8 Å². The Labute approximate surface area is 145 Å². The fourth-order valence-corrected chi connectivity index (χ4v) is 3.68. The Hall–Kier alpha value is -1.14. The average Bonchev–Trinajstić information content (AvgIpc) is 2.54. The highest BCUT2D eigenvalue weighted by atomic mass is 16.5. The van der Waals surface area contributed by atoms with E-state index in [4.69, 9.17) is 10.5 Å². The first-order valence-electron chi connectivity index (χ1n) is 9.13. The van der Waals surface area contributed by atoms with Gasteiger partial charge in [0.1, 0.15) is 5.54 Å². The monoisotopic (exact) mass is 339 g/mol. The molecule has 1 saturated carbocycles. The predicted octanol–water partition coefficient (Wildman–Crippen LogP) is 1.28. The van der Waals surface area contributed by atoms with Crippen LogP contribution in [0.3, 0.4) is 0 Å². The minimum atomic E-state index is -0.846. The lowest BCUT2D eigenvalue weighted by Crippen LogP contribution is -2.76. The van der Waals surface area contributed by atoms with Gasteiger partial charge in [0, 0.05) is 43.5 Å². The van der Waals surface area contributed by atoms with Gasteiger partial charge in [0.25, 0.3) is 0 Å². The van der Waals surface area contributed by atoms with Crippen LogP contribution in [-0.2, 0) is 14.3 Å². The van der Waals surface area contributed by atoms with Crippen molar-refractivity contribution in [3.8, 4) is 0 Å². The first-order valence-corrected chi connectivity index (χ1v) is 9.13. The number of hydrogen-bond acceptors (Lipinski definition) is 4. The third kappa shape index (κ3) is 3.31. The van der Waals surface area contributed by atoms with E-state index in [1.54, 1.807) is 0 Å². The van der Waals surface area contributed by atoms with Gasteiger partial charge in [0.15, 0.2) is 0 Å². The molecule has 0 spiro atoms. The maximum Gasteiger partial charge on any atom is 0.243 e. The van der Waals surface area contributed by atoms with Crippen LogP contribution in [0.25, 0.3) is 0 Å². The van der Waals surface area contributed by atoms with E-state index < -0.39 is 5.54 Å². The van der Waals surface area contributed by atoms with Gasteiger partial charge in [-0.3, -0.25) is 9.59 Å². The second-order valence-electron chi connectivity index (χ2n) is 8.07. The van der Waals surface area contributed by atoms with Crippen molar-refractivity contribution < 1.29 is 14.3 Å². The summed E-state index contributed by atoms with van der Waals surface area (Å²) in [5.74, 6) is 0.0927. The molecule has 24 heavy (non-hydrogen) atoms. The number of amides is 2. The molecule has 0 aromatic carbocycles. The Kier molecular flexibility index (Phi) is 5.60. The van der Waals surface area contributed by atoms with Crippen molar-refractivity contribution in [3.05, 3.63) is 0 Å². The molecule has 1 saturated heterocycles. The summed E-state index contributed by atoms with van der Waals surface area (Å²) in [6, 6.07) is 0.156. The second kappa shape index (κ2) is 7.00. The van der Waals surface area contributed by atoms with E-state index in [2.05, 4.69) is 5.32 Å². The van der Waals surface area contributed by atoms with E-state index >= 15 is 0 Å². The number of carbonyl (C=O) groups excluding carboxylic acids is 2. The summed E-state index contributed by atoms with van der Waals surface area (Å²) >= 11 is 0. The van der Waals surface area contributed by atoms with Gasteiger partial charge in [-0.2, -0.15) is 0 Å². The van der Waals surface area contributed by atoms with Gasteiger partial charge < -0.3 is 20.7 Å². The van der Waals surface area contributed by atoms with Gasteiger partial charge in [-0.15, -0.1) is 0 Å². The third-order valence-corrected chi connectivity index (χ3v) is 5.86. The molecule has 2 unspecified atom stereocenters. The normalized spacial score (nSPS) is 30.1. The number of piperidine rings is 1. The van der Waals surface area contributed by atoms with Crippen LogP contribution in [-0.4, -0.2) is 54.1 Å². The summed E-state index contributed by atoms with van der Waals surface area (Å²) in [5.41, 5.74) is 5.29. The first kappa shape index (κ1) is 19.2. The Bertz CT molecular complexity index is 484. The van der Waals surface area contributed by atoms with E-state index in [9.17, 15) is 9.59 Å². The number of nitrogens with zero attached hydrogens (tertiary/aromatic N) is 1. The first-order chi connectivity index (χ1) is 11.1. The molecule has 138 valence electrons. The van der Waals surface area contributed by atoms with Gasteiger partial charge in [-0.25, -0.2) is 0 Å². The largest absolute Gasteiger partial charge is 0.378 e. The van der Waals surface area contributed by atoms with Gasteiger partial charge in [-0.05, 0) is 19.8 Å². The standard InChI is InChI=1S/C18H33N3O3/c1-6-24-14-11-18(19,17(14,4)5)16(23)21-9-7-13(8-10-21)20-15(22)12(2)3/h12-14H,6-11,19H2,1-5H3,(H,20,22). The van der Waals surface area contributed by atoms with Crippen molar-refractivity contribution in [1.82, 2.24) is 10.2 Å². The molecule has 2 amide bonds. The maximum absolute atomic E-state index is 13.0. The Morgan fingerprint density at radius 2 is 1.88 bits per heavy atom. The van der Waals surface area contributed by atoms with E-state index in [0.29, 0.717) is 26.1 Å². The van der Waals surface area contributed by atoms with Crippen LogP contribution < -0.4 is 11.1 Å². The fourth-order valence-electron chi connectivity index (χ4n) is 3.68. The summed E-state index contributed by atoms with van der Waals surface area (Å²) in [6.45, 7) is 11.7. The predicted molar refractivity (Wildman–Crippen MR) is 93.3 cm³/mol. The molecule has 6 nitrogen and oxygen atoms in total. The van der Waals surface area contributed by atoms with Crippen molar-refractivity contribution in [2.45, 2.75) is 71.6 Å². The van der Waals surface area contributed by atoms with Crippen LogP contribution in [0.5, 0.6) is 0 Å². The van der Waals surface area contributed by atoms with Crippen LogP contribution in [0.15, 0.2) is 0 Å². The zero-order valence-corrected chi connectivity index (χ0v) is 15.7. The van der Waals surface area contributed by atoms with E-state index in [1.165, 1.54) is 0 Å². The van der Waals surface area contributed by atoms with Crippen LogP contribution in [0, 0.1) is 11.3 Å². The number of carbonyl (C=O) groups is 2. The lowest BCUT2D eigenvalue weighted by atomic mass is 9.54. The molecule has 1 aliphatic heterocycles. The lowest BCUT2D eigenvalue weighted by molar-refractivity contribution is -0.180. The van der Waals surface area contributed by atoms with Crippen LogP contribution in [0.1, 0.15) is 53.9 Å². The highest BCUT2D eigenvalue weighted by Crippen LogP contribution is 2.50. The summed E-state index contributed by atoms with van der Waals surface area (Å²) in [4.78, 5) is 26.6. The average molecular weight is 339 g/mol. The van der Waals surface area contributed by atoms with Crippen molar-refractivity contribution in [3.63, 3.8) is 0 Å². The van der Waals surface area contributed by atoms with Gasteiger partial charge in [-0.1, -0.05) is 27.7 Å². The van der Waals surface area contributed by atoms with Crippen molar-refractivity contribution in [1.29, 1.82) is 0 Å². The number of likely N-dealkylation sites (tertiary alicyclic amines) is 1. The molecule has 2 rings (SSSR count). The second-order valence-corrected chi connectivity index (χ2v) is 8.07. The zero-order valence-electron chi connectivity index (χ0n) is 15.7. The smallest absolute Gasteiger partial charge is 0.243 e. The molecule has 0 bridgehead atoms. The number of nitrogens with two attached hydrogens (primary N) is 1. The molecular weight excluding hydrogens is 306 g/mol. The molecule has 0 aromatic rings. The van der Waals surface area contributed by atoms with Gasteiger partial charge in [0.2, 0.25) is 11.8 Å². The molecule has 6 heteroatoms. The highest BCUT2D eigenvalue weighted by Gasteiger charge is 2.63. The minimum Gasteiger partial charge on any atom is -0.378 e. The molecule has 1 aliphatic carbocycles. The van der Waals surface area contributed by atoms with Crippen molar-refractivity contribution in [2.24, 2.45) is 17.1 Å². The van der Waals surface area contributed by atoms with E-state index in [-0.39, 0.29) is 35.3 Å². The molecule has 2 atom stereocenters. The number of rotatable bonds is 5. The molecule has 0 aromatic heterocycles. The number of hydrogen-bond donors (Lipinski definition) is 2. The van der Waals surface area contributed by atoms with Gasteiger partial charge in [0.05, 0.1) is 6.10 Å². The fraction of sp³-hybridized carbons (Fsp3) is 0.889. The van der Waals surface area contributed by atoms with E-state index in [1.807, 2.05) is 39.5 Å². The zero-order chi connectivity index (χ0) is 18.1. The van der Waals surface area contributed by atoms with Gasteiger partial charge >= 0.3 is 0 Å². The van der Waals surface area contributed by atoms with Crippen LogP contribution in [0.4, 0.5) is 0 Å². The summed E-state index contributed by atoms with van der Waals surface area (Å²) < 4.78 is 5.71. The topological polar surface area (TPSA) is 84.7 Å². The Balaban J connectivity index is 1.90. The summed E-state index contributed by atoms with van der Waals surface area (Å²) in [7, 11) is 0. The summed E-state index contributed by atoms with van der Waals surface area (Å²) in [6.07, 6.45) is 2.20. The lowest BCUT2D eigenvalue weighted by Gasteiger charge is -2.59. The Morgan fingerprint density at radius 3 is 2.33 bits per heavy atom. The third-order valence-electron chi connectivity index (χ3n) is 5.86. The number of nitrogens with one attached hydrogen (secondary N) is 1. The highest BCUT2D eigenvalue weighted by molar-refractivity contribution is 5.89. The quantitative estimate of drug-likeness (QED) is 0.790. The minimum absolute atomic E-state index is 0.0109. The van der Waals surface area contributed by atoms with Crippen LogP contribution >= 0.6 is 0 Å². The molecule has 2 fully saturated rings. The molecule has 3 N–H and O–H groups in total. The molecule has 1 heterocycles.